The van der Waals surface area contributed by atoms with Gasteiger partial charge in [0.25, 0.3) is 0 Å². The third-order valence-electron chi connectivity index (χ3n) is 1.12. The molecule has 7 heteroatoms. The van der Waals surface area contributed by atoms with Crippen LogP contribution < -0.4 is 5.32 Å². The van der Waals surface area contributed by atoms with Gasteiger partial charge in [-0.05, 0) is 7.05 Å². The van der Waals surface area contributed by atoms with Crippen LogP contribution in [0.2, 0.25) is 0 Å². The van der Waals surface area contributed by atoms with Gasteiger partial charge in [0.05, 0.1) is 6.42 Å². The molecule has 0 heterocycles. The van der Waals surface area contributed by atoms with Gasteiger partial charge >= 0.3 is 12.1 Å². The minimum atomic E-state index is -4.49. The maximum Gasteiger partial charge on any atom is 0.404 e. The summed E-state index contributed by atoms with van der Waals surface area (Å²) in [6.07, 6.45) is -5.44. The van der Waals surface area contributed by atoms with Crippen molar-refractivity contribution in [2.45, 2.75) is 18.6 Å². The summed E-state index contributed by atoms with van der Waals surface area (Å²) < 4.78 is 35.3. The third-order valence-corrected chi connectivity index (χ3v) is 1.12. The van der Waals surface area contributed by atoms with Crippen molar-refractivity contribution in [1.82, 2.24) is 5.32 Å². The highest BCUT2D eigenvalue weighted by molar-refractivity contribution is 5.85. The topological polar surface area (TPSA) is 49.3 Å². The van der Waals surface area contributed by atoms with E-state index < -0.39 is 24.6 Å². The van der Waals surface area contributed by atoms with Crippen molar-refractivity contribution in [1.29, 1.82) is 0 Å². The van der Waals surface area contributed by atoms with Crippen molar-refractivity contribution >= 4 is 18.4 Å². The van der Waals surface area contributed by atoms with Gasteiger partial charge in [-0.3, -0.25) is 4.79 Å². The first-order valence-corrected chi connectivity index (χ1v) is 2.83. The highest BCUT2D eigenvalue weighted by Gasteiger charge is 2.39. The summed E-state index contributed by atoms with van der Waals surface area (Å²) in [4.78, 5) is 9.88. The number of hydrogen-bond donors (Lipinski definition) is 2. The molecule has 1 unspecified atom stereocenters. The van der Waals surface area contributed by atoms with Crippen LogP contribution >= 0.6 is 12.4 Å². The fourth-order valence-electron chi connectivity index (χ4n) is 0.556. The summed E-state index contributed by atoms with van der Waals surface area (Å²) in [5, 5.41) is 9.91. The molecular formula is C5H9ClF3NO2. The number of carboxylic acids is 1. The van der Waals surface area contributed by atoms with Crippen LogP contribution in [0.15, 0.2) is 0 Å². The van der Waals surface area contributed by atoms with Crippen LogP contribution in [0.4, 0.5) is 13.2 Å². The van der Waals surface area contributed by atoms with Crippen LogP contribution in [0.1, 0.15) is 6.42 Å². The summed E-state index contributed by atoms with van der Waals surface area (Å²) in [5.41, 5.74) is 0. The second kappa shape index (κ2) is 5.21. The summed E-state index contributed by atoms with van der Waals surface area (Å²) in [6.45, 7) is 0. The number of carbonyl (C=O) groups is 1. The summed E-state index contributed by atoms with van der Waals surface area (Å²) in [7, 11) is 1.07. The average molecular weight is 208 g/mol. The van der Waals surface area contributed by atoms with Crippen LogP contribution in [0, 0.1) is 0 Å². The smallest absolute Gasteiger partial charge is 0.404 e. The molecule has 2 N–H and O–H groups in total. The molecule has 0 spiro atoms. The summed E-state index contributed by atoms with van der Waals surface area (Å²) in [5.74, 6) is -1.47. The predicted molar refractivity (Wildman–Crippen MR) is 38.4 cm³/mol. The number of rotatable bonds is 3. The molecule has 1 atom stereocenters. The van der Waals surface area contributed by atoms with Crippen molar-refractivity contribution in [3.8, 4) is 0 Å². The highest BCUT2D eigenvalue weighted by atomic mass is 35.5. The molecule has 0 saturated heterocycles. The quantitative estimate of drug-likeness (QED) is 0.727. The highest BCUT2D eigenvalue weighted by Crippen LogP contribution is 2.21. The first kappa shape index (κ1) is 14.1. The van der Waals surface area contributed by atoms with Crippen LogP contribution in [0.5, 0.6) is 0 Å². The fourth-order valence-corrected chi connectivity index (χ4v) is 0.556. The van der Waals surface area contributed by atoms with E-state index in [1.165, 1.54) is 0 Å². The zero-order chi connectivity index (χ0) is 9.07. The molecule has 0 amide bonds. The zero-order valence-electron chi connectivity index (χ0n) is 6.18. The standard InChI is InChI=1S/C5H8F3NO2.ClH/c1-9-3(2-4(10)11)5(6,7)8;/h3,9H,2H2,1H3,(H,10,11);1H. The van der Waals surface area contributed by atoms with E-state index in [0.717, 1.165) is 7.05 Å². The molecule has 0 aliphatic heterocycles. The number of aliphatic carboxylic acids is 1. The van der Waals surface area contributed by atoms with Gasteiger partial charge in [0.1, 0.15) is 6.04 Å². The van der Waals surface area contributed by atoms with Gasteiger partial charge in [-0.15, -0.1) is 12.4 Å². The first-order chi connectivity index (χ1) is 4.88. The van der Waals surface area contributed by atoms with Crippen molar-refractivity contribution in [2.75, 3.05) is 7.05 Å². The van der Waals surface area contributed by atoms with E-state index in [2.05, 4.69) is 0 Å². The molecule has 0 aliphatic rings. The lowest BCUT2D eigenvalue weighted by Crippen LogP contribution is -2.41. The van der Waals surface area contributed by atoms with E-state index in [-0.39, 0.29) is 12.4 Å². The van der Waals surface area contributed by atoms with Gasteiger partial charge in [-0.25, -0.2) is 0 Å². The lowest BCUT2D eigenvalue weighted by atomic mass is 10.2. The van der Waals surface area contributed by atoms with Gasteiger partial charge in [-0.2, -0.15) is 13.2 Å². The molecule has 0 saturated carbocycles. The predicted octanol–water partition coefficient (Wildman–Crippen LogP) is 1.03. The van der Waals surface area contributed by atoms with Crippen LogP contribution in [-0.2, 0) is 4.79 Å². The number of alkyl halides is 3. The Hall–Kier alpha value is -0.490. The van der Waals surface area contributed by atoms with E-state index in [4.69, 9.17) is 5.11 Å². The number of nitrogens with one attached hydrogen (secondary N) is 1. The maximum atomic E-state index is 11.8. The lowest BCUT2D eigenvalue weighted by Gasteiger charge is -2.16. The average Bonchev–Trinajstić information content (AvgIpc) is 1.79. The molecule has 0 radical (unpaired) electrons. The Morgan fingerprint density at radius 2 is 2.00 bits per heavy atom. The van der Waals surface area contributed by atoms with E-state index in [9.17, 15) is 18.0 Å². The zero-order valence-corrected chi connectivity index (χ0v) is 7.00. The first-order valence-electron chi connectivity index (χ1n) is 2.83. The van der Waals surface area contributed by atoms with Gasteiger partial charge in [0.15, 0.2) is 0 Å². The van der Waals surface area contributed by atoms with Crippen molar-refractivity contribution in [3.63, 3.8) is 0 Å². The maximum absolute atomic E-state index is 11.8. The summed E-state index contributed by atoms with van der Waals surface area (Å²) in [6, 6.07) is -1.96. The fraction of sp³-hybridized carbons (Fsp3) is 0.800. The Bertz CT molecular complexity index is 150. The monoisotopic (exact) mass is 207 g/mol. The number of hydrogen-bond acceptors (Lipinski definition) is 2. The molecule has 0 aromatic carbocycles. The molecule has 12 heavy (non-hydrogen) atoms. The molecular weight excluding hydrogens is 199 g/mol. The number of carboxylic acid groups (broad SMARTS) is 1. The Kier molecular flexibility index (Phi) is 6.10. The van der Waals surface area contributed by atoms with Gasteiger partial charge < -0.3 is 10.4 Å². The van der Waals surface area contributed by atoms with Gasteiger partial charge in [0, 0.05) is 0 Å². The lowest BCUT2D eigenvalue weighted by molar-refractivity contribution is -0.166. The van der Waals surface area contributed by atoms with Gasteiger partial charge in [0.2, 0.25) is 0 Å². The van der Waals surface area contributed by atoms with Crippen LogP contribution in [0.3, 0.4) is 0 Å². The third kappa shape index (κ3) is 5.20. The molecule has 0 rings (SSSR count). The molecule has 0 aliphatic carbocycles. The largest absolute Gasteiger partial charge is 0.481 e. The Labute approximate surface area is 73.4 Å². The molecule has 0 bridgehead atoms. The minimum absolute atomic E-state index is 0. The molecule has 74 valence electrons. The molecule has 0 fully saturated rings. The second-order valence-corrected chi connectivity index (χ2v) is 1.98. The summed E-state index contributed by atoms with van der Waals surface area (Å²) >= 11 is 0. The van der Waals surface area contributed by atoms with Crippen LogP contribution in [-0.4, -0.2) is 30.3 Å². The van der Waals surface area contributed by atoms with E-state index in [0.29, 0.717) is 0 Å². The van der Waals surface area contributed by atoms with Crippen molar-refractivity contribution < 1.29 is 23.1 Å². The second-order valence-electron chi connectivity index (χ2n) is 1.98. The van der Waals surface area contributed by atoms with Crippen molar-refractivity contribution in [3.05, 3.63) is 0 Å². The van der Waals surface area contributed by atoms with E-state index in [1.54, 1.807) is 0 Å². The van der Waals surface area contributed by atoms with Gasteiger partial charge in [-0.1, -0.05) is 0 Å². The normalized spacial score (nSPS) is 13.3. The SMILES string of the molecule is CNC(CC(=O)O)C(F)(F)F.Cl. The molecule has 3 nitrogen and oxygen atoms in total. The number of halogens is 4. The minimum Gasteiger partial charge on any atom is -0.481 e. The van der Waals surface area contributed by atoms with Crippen LogP contribution in [0.25, 0.3) is 0 Å². The van der Waals surface area contributed by atoms with Crippen molar-refractivity contribution in [2.24, 2.45) is 0 Å². The Morgan fingerprint density at radius 3 is 2.08 bits per heavy atom. The Morgan fingerprint density at radius 1 is 1.58 bits per heavy atom. The molecule has 0 aromatic heterocycles. The van der Waals surface area contributed by atoms with E-state index in [1.807, 2.05) is 5.32 Å². The van der Waals surface area contributed by atoms with E-state index >= 15 is 0 Å². The molecule has 0 aromatic rings. The Balaban J connectivity index is 0.